The summed E-state index contributed by atoms with van der Waals surface area (Å²) in [6.45, 7) is 7.23. The van der Waals surface area contributed by atoms with Gasteiger partial charge in [-0.3, -0.25) is 14.3 Å². The predicted molar refractivity (Wildman–Crippen MR) is 103 cm³/mol. The van der Waals surface area contributed by atoms with Crippen molar-refractivity contribution in [2.45, 2.75) is 64.4 Å². The highest BCUT2D eigenvalue weighted by Gasteiger charge is 2.51. The van der Waals surface area contributed by atoms with E-state index in [0.29, 0.717) is 11.2 Å². The molecular weight excluding hydrogens is 417 g/mol. The molecule has 0 aliphatic carbocycles. The molecule has 166 valence electrons. The van der Waals surface area contributed by atoms with Gasteiger partial charge in [-0.2, -0.15) is 0 Å². The van der Waals surface area contributed by atoms with Gasteiger partial charge in [-0.25, -0.2) is 4.57 Å². The topological polar surface area (TPSA) is 158 Å². The van der Waals surface area contributed by atoms with E-state index >= 15 is 0 Å². The van der Waals surface area contributed by atoms with Crippen molar-refractivity contribution >= 4 is 25.4 Å². The number of hydrogen-bond donors (Lipinski definition) is 2. The Bertz CT molecular complexity index is 975. The predicted octanol–water partition coefficient (Wildman–Crippen LogP) is -0.350. The summed E-state index contributed by atoms with van der Waals surface area (Å²) in [5.41, 5.74) is 5.96. The molecule has 0 aromatic carbocycles. The van der Waals surface area contributed by atoms with Crippen molar-refractivity contribution in [3.63, 3.8) is 0 Å². The number of nitrogens with one attached hydrogen (secondary N) is 1. The molecule has 1 fully saturated rings. The lowest BCUT2D eigenvalue weighted by atomic mass is 10.1. The Kier molecular flexibility index (Phi) is 6.85. The van der Waals surface area contributed by atoms with Gasteiger partial charge in [0, 0.05) is 0 Å². The van der Waals surface area contributed by atoms with Gasteiger partial charge < -0.3 is 24.8 Å². The molecule has 2 aromatic rings. The zero-order chi connectivity index (χ0) is 22.2. The zero-order valence-corrected chi connectivity index (χ0v) is 18.4. The van der Waals surface area contributed by atoms with Crippen LogP contribution in [0.3, 0.4) is 0 Å². The third-order valence-corrected chi connectivity index (χ3v) is 4.91. The fourth-order valence-electron chi connectivity index (χ4n) is 3.59. The fraction of sp³-hybridized carbons (Fsp3) is 0.706. The second-order valence-electron chi connectivity index (χ2n) is 7.64. The number of imidazole rings is 1. The number of ether oxygens (including phenoxy) is 3. The summed E-state index contributed by atoms with van der Waals surface area (Å²) >= 11 is 0. The fourth-order valence-corrected chi connectivity index (χ4v) is 3.86. The van der Waals surface area contributed by atoms with Gasteiger partial charge in [0.2, 0.25) is 11.7 Å². The Hall–Kier alpha value is -1.95. The molecule has 0 saturated carbocycles. The minimum absolute atomic E-state index is 0.0370. The molecule has 12 nitrogen and oxygen atoms in total. The van der Waals surface area contributed by atoms with Gasteiger partial charge in [0.15, 0.2) is 6.33 Å². The lowest BCUT2D eigenvalue weighted by Crippen LogP contribution is -2.49. The molecule has 0 radical (unpaired) electrons. The molecule has 1 aliphatic heterocycles. The van der Waals surface area contributed by atoms with E-state index < -0.39 is 38.4 Å². The molecule has 3 rings (SSSR count). The monoisotopic (exact) mass is 444 g/mol. The van der Waals surface area contributed by atoms with Crippen molar-refractivity contribution in [2.24, 2.45) is 7.05 Å². The third-order valence-electron chi connectivity index (χ3n) is 4.55. The highest BCUT2D eigenvalue weighted by atomic mass is 31.1. The number of nitrogens with two attached hydrogens (primary N) is 1. The summed E-state index contributed by atoms with van der Waals surface area (Å²) in [4.78, 5) is 30.1. The number of aromatic amines is 1. The molecule has 30 heavy (non-hydrogen) atoms. The van der Waals surface area contributed by atoms with Crippen LogP contribution in [0.4, 0.5) is 5.95 Å². The summed E-state index contributed by atoms with van der Waals surface area (Å²) in [5.74, 6) is -0.0370. The molecule has 1 saturated heterocycles. The number of anilines is 1. The average Bonchev–Trinajstić information content (AvgIpc) is 3.10. The van der Waals surface area contributed by atoms with Gasteiger partial charge in [-0.05, 0) is 32.3 Å². The van der Waals surface area contributed by atoms with Gasteiger partial charge in [0.1, 0.15) is 24.9 Å². The summed E-state index contributed by atoms with van der Waals surface area (Å²) in [7, 11) is -1.35. The van der Waals surface area contributed by atoms with Crippen molar-refractivity contribution in [1.29, 1.82) is 0 Å². The van der Waals surface area contributed by atoms with Crippen LogP contribution >= 0.6 is 8.25 Å². The lowest BCUT2D eigenvalue weighted by molar-refractivity contribution is -0.746. The summed E-state index contributed by atoms with van der Waals surface area (Å²) < 4.78 is 37.3. The Labute approximate surface area is 173 Å². The highest BCUT2D eigenvalue weighted by molar-refractivity contribution is 7.30. The summed E-state index contributed by atoms with van der Waals surface area (Å²) in [5, 5.41) is 0. The molecule has 2 aromatic heterocycles. The molecule has 5 unspecified atom stereocenters. The van der Waals surface area contributed by atoms with E-state index in [0.717, 1.165) is 0 Å². The van der Waals surface area contributed by atoms with Crippen LogP contribution in [0.2, 0.25) is 0 Å². The van der Waals surface area contributed by atoms with Crippen molar-refractivity contribution in [3.8, 4) is 0 Å². The van der Waals surface area contributed by atoms with Gasteiger partial charge in [-0.15, -0.1) is 4.52 Å². The molecule has 5 atom stereocenters. The number of hydrogen-bond acceptors (Lipinski definition) is 9. The normalized spacial score (nSPS) is 25.0. The number of fused-ring (bicyclic) bond motifs is 1. The zero-order valence-electron chi connectivity index (χ0n) is 17.5. The maximum atomic E-state index is 12.4. The summed E-state index contributed by atoms with van der Waals surface area (Å²) in [6.07, 6.45) is -1.42. The van der Waals surface area contributed by atoms with Crippen LogP contribution in [0.15, 0.2) is 11.1 Å². The molecule has 0 bridgehead atoms. The van der Waals surface area contributed by atoms with E-state index in [4.69, 9.17) is 24.5 Å². The van der Waals surface area contributed by atoms with Crippen LogP contribution in [-0.4, -0.2) is 51.7 Å². The number of rotatable bonds is 8. The average molecular weight is 444 g/mol. The standard InChI is InChI=1S/C17H26N5O7P/c1-8(2)27-12-10(6-26-30(24)25)29-16(13(12)28-9(3)4)22-7-21(5)11-14(22)19-17(18)20-15(11)23/h7-10,12-13,16H,6H2,1-5H3,(H2-,18,19,20,23)/p+1. The Morgan fingerprint density at radius 3 is 2.57 bits per heavy atom. The van der Waals surface area contributed by atoms with Gasteiger partial charge >= 0.3 is 13.9 Å². The van der Waals surface area contributed by atoms with Gasteiger partial charge in [0.25, 0.3) is 11.5 Å². The number of nitrogen functional groups attached to an aromatic ring is 1. The third kappa shape index (κ3) is 4.69. The lowest BCUT2D eigenvalue weighted by Gasteiger charge is -2.26. The summed E-state index contributed by atoms with van der Waals surface area (Å²) in [6, 6.07) is 0. The van der Waals surface area contributed by atoms with Gasteiger partial charge in [-0.1, -0.05) is 4.98 Å². The van der Waals surface area contributed by atoms with Gasteiger partial charge in [0.05, 0.1) is 19.3 Å². The van der Waals surface area contributed by atoms with Crippen molar-refractivity contribution in [1.82, 2.24) is 14.5 Å². The van der Waals surface area contributed by atoms with E-state index in [1.54, 1.807) is 22.5 Å². The van der Waals surface area contributed by atoms with E-state index in [2.05, 4.69) is 9.97 Å². The minimum Gasteiger partial charge on any atom is -0.566 e. The Morgan fingerprint density at radius 1 is 1.33 bits per heavy atom. The first-order valence-electron chi connectivity index (χ1n) is 9.58. The second kappa shape index (κ2) is 9.04. The molecule has 13 heteroatoms. The van der Waals surface area contributed by atoms with Crippen LogP contribution < -0.4 is 20.8 Å². The number of aromatic nitrogens is 4. The van der Waals surface area contributed by atoms with E-state index in [9.17, 15) is 14.3 Å². The maximum Gasteiger partial charge on any atom is 0.488 e. The van der Waals surface area contributed by atoms with E-state index in [1.165, 1.54) is 0 Å². The van der Waals surface area contributed by atoms with Crippen LogP contribution in [0.5, 0.6) is 0 Å². The number of nitrogens with zero attached hydrogens (tertiary/aromatic N) is 3. The van der Waals surface area contributed by atoms with Crippen molar-refractivity contribution in [3.05, 3.63) is 16.7 Å². The van der Waals surface area contributed by atoms with E-state index in [1.807, 2.05) is 27.7 Å². The Morgan fingerprint density at radius 2 is 1.97 bits per heavy atom. The van der Waals surface area contributed by atoms with Crippen LogP contribution in [0, 0.1) is 0 Å². The van der Waals surface area contributed by atoms with Crippen molar-refractivity contribution < 1.29 is 32.8 Å². The maximum absolute atomic E-state index is 12.4. The molecular formula is C17H27N5O7P+. The largest absolute Gasteiger partial charge is 0.566 e. The molecule has 0 amide bonds. The van der Waals surface area contributed by atoms with E-state index in [-0.39, 0.29) is 24.8 Å². The SMILES string of the molecule is CC(C)OC1C(CO[P+](=O)[O-])OC([n+]2cn(C)c3c(=O)[nH]c(N)nc32)C1OC(C)C. The highest BCUT2D eigenvalue weighted by Crippen LogP contribution is 2.34. The number of aryl methyl sites for hydroxylation is 1. The smallest absolute Gasteiger partial charge is 0.488 e. The number of H-pyrrole nitrogens is 1. The minimum atomic E-state index is -3.05. The quantitative estimate of drug-likeness (QED) is 0.410. The molecule has 1 aliphatic rings. The first-order chi connectivity index (χ1) is 14.1. The first-order valence-corrected chi connectivity index (χ1v) is 10.7. The van der Waals surface area contributed by atoms with Crippen LogP contribution in [0.25, 0.3) is 11.2 Å². The van der Waals surface area contributed by atoms with Crippen molar-refractivity contribution in [2.75, 3.05) is 12.3 Å². The first kappa shape index (κ1) is 22.7. The Balaban J connectivity index is 2.08. The molecule has 3 N–H and O–H groups in total. The molecule has 3 heterocycles. The van der Waals surface area contributed by atoms with Crippen LogP contribution in [-0.2, 0) is 30.3 Å². The molecule has 0 spiro atoms. The van der Waals surface area contributed by atoms with Crippen LogP contribution in [0.1, 0.15) is 33.9 Å². The second-order valence-corrected chi connectivity index (χ2v) is 8.35.